The molecule has 1 aromatic rings. The average molecular weight is 426 g/mol. The molecule has 3 heterocycles. The number of benzene rings is 1. The second-order valence-electron chi connectivity index (χ2n) is 9.32. The fraction of sp³-hybridized carbons (Fsp3) is 0.625. The molecular formula is C24H31N3O4. The molecule has 166 valence electrons. The largest absolute Gasteiger partial charge is 0.489 e. The van der Waals surface area contributed by atoms with Gasteiger partial charge in [0.2, 0.25) is 11.8 Å². The van der Waals surface area contributed by atoms with E-state index in [-0.39, 0.29) is 30.2 Å². The van der Waals surface area contributed by atoms with Gasteiger partial charge < -0.3 is 9.64 Å². The molecule has 1 N–H and O–H groups in total. The summed E-state index contributed by atoms with van der Waals surface area (Å²) in [6, 6.07) is 5.60. The summed E-state index contributed by atoms with van der Waals surface area (Å²) in [5.74, 6) is 0.0304. The lowest BCUT2D eigenvalue weighted by Crippen LogP contribution is -2.52. The fourth-order valence-electron chi connectivity index (χ4n) is 5.68. The number of rotatable bonds is 4. The highest BCUT2D eigenvalue weighted by molar-refractivity contribution is 6.05. The molecule has 3 atom stereocenters. The van der Waals surface area contributed by atoms with E-state index in [1.165, 1.54) is 51.6 Å². The zero-order valence-corrected chi connectivity index (χ0v) is 18.0. The number of nitrogens with one attached hydrogen (secondary N) is 1. The van der Waals surface area contributed by atoms with Crippen molar-refractivity contribution < 1.29 is 19.1 Å². The van der Waals surface area contributed by atoms with E-state index in [0.717, 1.165) is 17.7 Å². The third kappa shape index (κ3) is 4.07. The van der Waals surface area contributed by atoms with Crippen LogP contribution in [0.2, 0.25) is 0 Å². The molecule has 4 aliphatic rings. The molecule has 3 amide bonds. The molecule has 0 bridgehead atoms. The highest BCUT2D eigenvalue weighted by atomic mass is 16.5. The summed E-state index contributed by atoms with van der Waals surface area (Å²) in [4.78, 5) is 40.8. The predicted octanol–water partition coefficient (Wildman–Crippen LogP) is 2.62. The molecule has 1 aromatic carbocycles. The van der Waals surface area contributed by atoms with Gasteiger partial charge in [-0.25, -0.2) is 0 Å². The molecule has 5 rings (SSSR count). The van der Waals surface area contributed by atoms with E-state index in [9.17, 15) is 14.4 Å². The Kier molecular flexibility index (Phi) is 5.69. The van der Waals surface area contributed by atoms with Crippen LogP contribution in [0.1, 0.15) is 73.7 Å². The van der Waals surface area contributed by atoms with Gasteiger partial charge in [-0.3, -0.25) is 24.6 Å². The number of hydrogen-bond donors (Lipinski definition) is 1. The molecule has 1 aliphatic carbocycles. The predicted molar refractivity (Wildman–Crippen MR) is 115 cm³/mol. The molecule has 1 unspecified atom stereocenters. The third-order valence-corrected chi connectivity index (χ3v) is 7.31. The van der Waals surface area contributed by atoms with E-state index in [1.807, 2.05) is 18.2 Å². The molecular weight excluding hydrogens is 394 g/mol. The minimum atomic E-state index is -0.580. The lowest BCUT2D eigenvalue weighted by Gasteiger charge is -2.41. The van der Waals surface area contributed by atoms with Crippen molar-refractivity contribution in [3.8, 4) is 5.75 Å². The lowest BCUT2D eigenvalue weighted by molar-refractivity contribution is -0.136. The van der Waals surface area contributed by atoms with Gasteiger partial charge in [-0.1, -0.05) is 12.8 Å². The molecule has 2 saturated heterocycles. The first kappa shape index (κ1) is 20.5. The molecule has 0 radical (unpaired) electrons. The van der Waals surface area contributed by atoms with Gasteiger partial charge >= 0.3 is 0 Å². The molecule has 0 spiro atoms. The van der Waals surface area contributed by atoms with Gasteiger partial charge in [0.15, 0.2) is 0 Å². The summed E-state index contributed by atoms with van der Waals surface area (Å²) in [6.45, 7) is 2.73. The smallest absolute Gasteiger partial charge is 0.255 e. The van der Waals surface area contributed by atoms with E-state index < -0.39 is 6.04 Å². The third-order valence-electron chi connectivity index (χ3n) is 7.31. The first-order valence-electron chi connectivity index (χ1n) is 11.8. The Balaban J connectivity index is 1.29. The minimum Gasteiger partial charge on any atom is -0.489 e. The van der Waals surface area contributed by atoms with E-state index in [1.54, 1.807) is 4.90 Å². The van der Waals surface area contributed by atoms with Crippen molar-refractivity contribution >= 4 is 17.7 Å². The number of hydrogen-bond acceptors (Lipinski definition) is 5. The van der Waals surface area contributed by atoms with Crippen molar-refractivity contribution in [3.63, 3.8) is 0 Å². The maximum Gasteiger partial charge on any atom is 0.255 e. The highest BCUT2D eigenvalue weighted by Gasteiger charge is 2.39. The van der Waals surface area contributed by atoms with Crippen LogP contribution in [0, 0.1) is 0 Å². The number of piperidine rings is 2. The van der Waals surface area contributed by atoms with Crippen LogP contribution in [0.25, 0.3) is 0 Å². The SMILES string of the molecule is O=C1CCC(N2Cc3cc(O[C@@H]4CCCC[C@@H]4N4CCCCC4)ccc3C2=O)C(=O)N1. The van der Waals surface area contributed by atoms with Crippen LogP contribution in [0.3, 0.4) is 0 Å². The maximum atomic E-state index is 12.9. The minimum absolute atomic E-state index is 0.139. The lowest BCUT2D eigenvalue weighted by atomic mass is 9.90. The second-order valence-corrected chi connectivity index (χ2v) is 9.32. The number of imide groups is 1. The molecule has 3 fully saturated rings. The molecule has 0 aromatic heterocycles. The summed E-state index contributed by atoms with van der Waals surface area (Å²) in [5.41, 5.74) is 1.53. The number of nitrogens with zero attached hydrogens (tertiary/aromatic N) is 2. The Morgan fingerprint density at radius 2 is 1.74 bits per heavy atom. The van der Waals surface area contributed by atoms with Gasteiger partial charge in [0.25, 0.3) is 5.91 Å². The number of carbonyl (C=O) groups excluding carboxylic acids is 3. The van der Waals surface area contributed by atoms with E-state index in [0.29, 0.717) is 24.6 Å². The zero-order chi connectivity index (χ0) is 21.4. The number of fused-ring (bicyclic) bond motifs is 1. The average Bonchev–Trinajstić information content (AvgIpc) is 3.10. The Morgan fingerprint density at radius 1 is 0.935 bits per heavy atom. The van der Waals surface area contributed by atoms with Gasteiger partial charge in [0.05, 0.1) is 0 Å². The van der Waals surface area contributed by atoms with Crippen LogP contribution in [0.5, 0.6) is 5.75 Å². The Labute approximate surface area is 183 Å². The Hall–Kier alpha value is -2.41. The topological polar surface area (TPSA) is 79.0 Å². The standard InChI is InChI=1S/C24H31N3O4/c28-22-11-10-20(23(29)25-22)27-15-16-14-17(8-9-18(16)24(27)30)31-21-7-3-2-6-19(21)26-12-4-1-5-13-26/h8-9,14,19-21H,1-7,10-13,15H2,(H,25,28,29)/t19-,20?,21+/m0/s1. The van der Waals surface area contributed by atoms with Crippen molar-refractivity contribution in [1.29, 1.82) is 0 Å². The number of ether oxygens (including phenoxy) is 1. The summed E-state index contributed by atoms with van der Waals surface area (Å²) in [7, 11) is 0. The van der Waals surface area contributed by atoms with Crippen molar-refractivity contribution in [2.45, 2.75) is 82.5 Å². The van der Waals surface area contributed by atoms with E-state index in [2.05, 4.69) is 10.2 Å². The van der Waals surface area contributed by atoms with Crippen molar-refractivity contribution in [1.82, 2.24) is 15.1 Å². The number of likely N-dealkylation sites (tertiary alicyclic amines) is 1. The number of amides is 3. The first-order valence-corrected chi connectivity index (χ1v) is 11.8. The summed E-state index contributed by atoms with van der Waals surface area (Å²) in [5, 5.41) is 2.35. The summed E-state index contributed by atoms with van der Waals surface area (Å²) in [6.07, 6.45) is 9.45. The number of carbonyl (C=O) groups is 3. The molecule has 3 aliphatic heterocycles. The van der Waals surface area contributed by atoms with E-state index in [4.69, 9.17) is 4.74 Å². The van der Waals surface area contributed by atoms with Crippen molar-refractivity contribution in [2.75, 3.05) is 13.1 Å². The quantitative estimate of drug-likeness (QED) is 0.751. The summed E-state index contributed by atoms with van der Waals surface area (Å²) >= 11 is 0. The molecule has 7 nitrogen and oxygen atoms in total. The van der Waals surface area contributed by atoms with Crippen LogP contribution in [-0.2, 0) is 16.1 Å². The zero-order valence-electron chi connectivity index (χ0n) is 18.0. The van der Waals surface area contributed by atoms with Crippen LogP contribution < -0.4 is 10.1 Å². The normalized spacial score (nSPS) is 29.6. The van der Waals surface area contributed by atoms with Crippen LogP contribution >= 0.6 is 0 Å². The highest BCUT2D eigenvalue weighted by Crippen LogP contribution is 2.33. The van der Waals surface area contributed by atoms with Crippen LogP contribution in [0.15, 0.2) is 18.2 Å². The monoisotopic (exact) mass is 425 g/mol. The second kappa shape index (κ2) is 8.61. The van der Waals surface area contributed by atoms with Crippen molar-refractivity contribution in [2.24, 2.45) is 0 Å². The van der Waals surface area contributed by atoms with Crippen LogP contribution in [-0.4, -0.2) is 58.8 Å². The van der Waals surface area contributed by atoms with Gasteiger partial charge in [-0.15, -0.1) is 0 Å². The van der Waals surface area contributed by atoms with Crippen molar-refractivity contribution in [3.05, 3.63) is 29.3 Å². The maximum absolute atomic E-state index is 12.9. The molecule has 7 heteroatoms. The summed E-state index contributed by atoms with van der Waals surface area (Å²) < 4.78 is 6.50. The Bertz CT molecular complexity index is 880. The van der Waals surface area contributed by atoms with Gasteiger partial charge in [-0.05, 0) is 75.4 Å². The van der Waals surface area contributed by atoms with Gasteiger partial charge in [-0.2, -0.15) is 0 Å². The van der Waals surface area contributed by atoms with E-state index >= 15 is 0 Å². The molecule has 31 heavy (non-hydrogen) atoms. The molecule has 1 saturated carbocycles. The Morgan fingerprint density at radius 3 is 2.55 bits per heavy atom. The fourth-order valence-corrected chi connectivity index (χ4v) is 5.68. The first-order chi connectivity index (χ1) is 15.1. The van der Waals surface area contributed by atoms with Gasteiger partial charge in [0.1, 0.15) is 17.9 Å². The van der Waals surface area contributed by atoms with Gasteiger partial charge in [0, 0.05) is 24.6 Å². The van der Waals surface area contributed by atoms with Crippen LogP contribution in [0.4, 0.5) is 0 Å².